The maximum Gasteiger partial charge on any atom is 0.246 e. The summed E-state index contributed by atoms with van der Waals surface area (Å²) in [6.07, 6.45) is 1.72. The van der Waals surface area contributed by atoms with Gasteiger partial charge < -0.3 is 10.5 Å². The number of ether oxygens (including phenoxy) is 1. The fourth-order valence-electron chi connectivity index (χ4n) is 1.64. The van der Waals surface area contributed by atoms with Crippen LogP contribution in [0.25, 0.3) is 0 Å². The molecule has 0 spiro atoms. The van der Waals surface area contributed by atoms with Gasteiger partial charge in [-0.05, 0) is 24.6 Å². The minimum absolute atomic E-state index is 0.157. The Morgan fingerprint density at radius 1 is 1.57 bits per heavy atom. The molecule has 1 heterocycles. The molecular weight excluding hydrogens is 288 g/mol. The van der Waals surface area contributed by atoms with Gasteiger partial charge in [-0.25, -0.2) is 10.4 Å². The molecule has 7 heteroatoms. The largest absolute Gasteiger partial charge is 0.494 e. The van der Waals surface area contributed by atoms with Crippen molar-refractivity contribution in [1.82, 2.24) is 10.4 Å². The molecule has 0 aliphatic heterocycles. The number of nitrogen functional groups attached to an aromatic ring is 1. The Balaban J connectivity index is 1.86. The smallest absolute Gasteiger partial charge is 0.246 e. The van der Waals surface area contributed by atoms with Crippen molar-refractivity contribution in [2.24, 2.45) is 5.10 Å². The average Bonchev–Trinajstić information content (AvgIpc) is 2.85. The molecule has 3 N–H and O–H groups in total. The van der Waals surface area contributed by atoms with Crippen LogP contribution in [0.5, 0.6) is 5.75 Å². The number of carbonyl (C=O) groups is 1. The minimum Gasteiger partial charge on any atom is -0.494 e. The maximum atomic E-state index is 11.7. The Morgan fingerprint density at radius 2 is 2.43 bits per heavy atom. The number of hydrogen-bond donors (Lipinski definition) is 2. The van der Waals surface area contributed by atoms with Crippen molar-refractivity contribution in [3.63, 3.8) is 0 Å². The molecule has 0 radical (unpaired) electrons. The summed E-state index contributed by atoms with van der Waals surface area (Å²) in [6.45, 7) is 2.53. The zero-order valence-electron chi connectivity index (χ0n) is 11.6. The molecule has 0 saturated carbocycles. The number of nitrogens with zero attached hydrogens (tertiary/aromatic N) is 2. The molecule has 0 aliphatic carbocycles. The van der Waals surface area contributed by atoms with Crippen molar-refractivity contribution < 1.29 is 9.53 Å². The highest BCUT2D eigenvalue weighted by molar-refractivity contribution is 7.13. The zero-order chi connectivity index (χ0) is 15.1. The van der Waals surface area contributed by atoms with E-state index in [-0.39, 0.29) is 12.3 Å². The second-order valence-electron chi connectivity index (χ2n) is 4.15. The molecule has 0 bridgehead atoms. The summed E-state index contributed by atoms with van der Waals surface area (Å²) in [7, 11) is 0. The quantitative estimate of drug-likeness (QED) is 0.629. The molecule has 0 aliphatic rings. The number of aromatic nitrogens is 1. The van der Waals surface area contributed by atoms with Crippen LogP contribution in [0.15, 0.2) is 34.7 Å². The van der Waals surface area contributed by atoms with E-state index in [1.807, 2.05) is 31.2 Å². The first-order chi connectivity index (χ1) is 10.2. The van der Waals surface area contributed by atoms with E-state index < -0.39 is 0 Å². The van der Waals surface area contributed by atoms with E-state index >= 15 is 0 Å². The summed E-state index contributed by atoms with van der Waals surface area (Å²) in [5, 5.41) is 6.12. The lowest BCUT2D eigenvalue weighted by Gasteiger charge is -2.02. The standard InChI is InChI=1S/C14H16N4O2S/c1-2-20-12-5-3-4-10(6-12)8-16-18-13(19)7-11-9-21-14(15)17-11/h3-6,8-9H,2,7H2,1H3,(H2,15,17)(H,18,19)/b16-8+. The fourth-order valence-corrected chi connectivity index (χ4v) is 2.20. The van der Waals surface area contributed by atoms with Gasteiger partial charge in [0.2, 0.25) is 5.91 Å². The molecular formula is C14H16N4O2S. The number of carbonyl (C=O) groups excluding carboxylic acids is 1. The summed E-state index contributed by atoms with van der Waals surface area (Å²) in [4.78, 5) is 15.7. The summed E-state index contributed by atoms with van der Waals surface area (Å²) < 4.78 is 5.39. The molecule has 2 aromatic rings. The summed E-state index contributed by atoms with van der Waals surface area (Å²) in [5.41, 5.74) is 9.45. The molecule has 2 rings (SSSR count). The average molecular weight is 304 g/mol. The fraction of sp³-hybridized carbons (Fsp3) is 0.214. The van der Waals surface area contributed by atoms with Crippen LogP contribution in [-0.2, 0) is 11.2 Å². The van der Waals surface area contributed by atoms with E-state index in [0.29, 0.717) is 17.4 Å². The van der Waals surface area contributed by atoms with Crippen molar-refractivity contribution in [3.05, 3.63) is 40.9 Å². The normalized spacial score (nSPS) is 10.7. The van der Waals surface area contributed by atoms with Gasteiger partial charge in [-0.3, -0.25) is 4.79 Å². The van der Waals surface area contributed by atoms with E-state index in [0.717, 1.165) is 11.3 Å². The Bertz CT molecular complexity index is 639. The van der Waals surface area contributed by atoms with E-state index in [1.54, 1.807) is 11.6 Å². The molecule has 0 atom stereocenters. The number of thiazole rings is 1. The number of rotatable bonds is 6. The highest BCUT2D eigenvalue weighted by Gasteiger charge is 2.05. The highest BCUT2D eigenvalue weighted by atomic mass is 32.1. The number of anilines is 1. The van der Waals surface area contributed by atoms with Crippen LogP contribution < -0.4 is 15.9 Å². The highest BCUT2D eigenvalue weighted by Crippen LogP contribution is 2.12. The third-order valence-corrected chi connectivity index (χ3v) is 3.21. The molecule has 1 aromatic heterocycles. The van der Waals surface area contributed by atoms with Gasteiger partial charge in [-0.1, -0.05) is 12.1 Å². The van der Waals surface area contributed by atoms with Gasteiger partial charge >= 0.3 is 0 Å². The molecule has 0 fully saturated rings. The predicted octanol–water partition coefficient (Wildman–Crippen LogP) is 1.82. The van der Waals surface area contributed by atoms with Crippen LogP contribution in [-0.4, -0.2) is 23.7 Å². The minimum atomic E-state index is -0.238. The van der Waals surface area contributed by atoms with Crippen LogP contribution in [0.3, 0.4) is 0 Å². The number of benzene rings is 1. The van der Waals surface area contributed by atoms with Gasteiger partial charge in [-0.15, -0.1) is 11.3 Å². The van der Waals surface area contributed by atoms with E-state index in [9.17, 15) is 4.79 Å². The summed E-state index contributed by atoms with van der Waals surface area (Å²) >= 11 is 1.31. The predicted molar refractivity (Wildman–Crippen MR) is 83.6 cm³/mol. The molecule has 1 amide bonds. The van der Waals surface area contributed by atoms with Crippen LogP contribution in [0.1, 0.15) is 18.2 Å². The lowest BCUT2D eigenvalue weighted by Crippen LogP contribution is -2.19. The van der Waals surface area contributed by atoms with E-state index in [4.69, 9.17) is 10.5 Å². The Morgan fingerprint density at radius 3 is 3.14 bits per heavy atom. The van der Waals surface area contributed by atoms with Gasteiger partial charge in [0, 0.05) is 5.38 Å². The monoisotopic (exact) mass is 304 g/mol. The first-order valence-electron chi connectivity index (χ1n) is 6.42. The number of nitrogens with two attached hydrogens (primary N) is 1. The lowest BCUT2D eigenvalue weighted by atomic mass is 10.2. The number of hydrazone groups is 1. The lowest BCUT2D eigenvalue weighted by molar-refractivity contribution is -0.120. The molecule has 110 valence electrons. The number of nitrogens with one attached hydrogen (secondary N) is 1. The van der Waals surface area contributed by atoms with Crippen LogP contribution in [0, 0.1) is 0 Å². The number of amides is 1. The van der Waals surface area contributed by atoms with Gasteiger partial charge in [0.15, 0.2) is 5.13 Å². The van der Waals surface area contributed by atoms with Gasteiger partial charge in [0.05, 0.1) is 24.9 Å². The Labute approximate surface area is 126 Å². The summed E-state index contributed by atoms with van der Waals surface area (Å²) in [5.74, 6) is 0.531. The van der Waals surface area contributed by atoms with E-state index in [1.165, 1.54) is 11.3 Å². The van der Waals surface area contributed by atoms with Crippen molar-refractivity contribution in [3.8, 4) is 5.75 Å². The van der Waals surface area contributed by atoms with Crippen molar-refractivity contribution >= 4 is 28.6 Å². The summed E-state index contributed by atoms with van der Waals surface area (Å²) in [6, 6.07) is 7.46. The van der Waals surface area contributed by atoms with Crippen LogP contribution in [0.4, 0.5) is 5.13 Å². The molecule has 1 aromatic carbocycles. The Kier molecular flexibility index (Phi) is 5.28. The number of hydrogen-bond acceptors (Lipinski definition) is 6. The topological polar surface area (TPSA) is 89.6 Å². The van der Waals surface area contributed by atoms with E-state index in [2.05, 4.69) is 15.5 Å². The Hall–Kier alpha value is -2.41. The molecule has 21 heavy (non-hydrogen) atoms. The van der Waals surface area contributed by atoms with Gasteiger partial charge in [0.25, 0.3) is 0 Å². The van der Waals surface area contributed by atoms with Crippen molar-refractivity contribution in [2.45, 2.75) is 13.3 Å². The SMILES string of the molecule is CCOc1cccc(/C=N/NC(=O)Cc2csc(N)n2)c1. The zero-order valence-corrected chi connectivity index (χ0v) is 12.4. The van der Waals surface area contributed by atoms with Crippen molar-refractivity contribution in [2.75, 3.05) is 12.3 Å². The van der Waals surface area contributed by atoms with Gasteiger partial charge in [0.1, 0.15) is 5.75 Å². The first-order valence-corrected chi connectivity index (χ1v) is 7.30. The van der Waals surface area contributed by atoms with Gasteiger partial charge in [-0.2, -0.15) is 5.10 Å². The van der Waals surface area contributed by atoms with Crippen LogP contribution >= 0.6 is 11.3 Å². The third kappa shape index (κ3) is 4.88. The molecule has 0 unspecified atom stereocenters. The van der Waals surface area contributed by atoms with Crippen molar-refractivity contribution in [1.29, 1.82) is 0 Å². The second kappa shape index (κ2) is 7.39. The maximum absolute atomic E-state index is 11.7. The molecule has 0 saturated heterocycles. The molecule has 6 nitrogen and oxygen atoms in total. The van der Waals surface area contributed by atoms with Crippen LogP contribution in [0.2, 0.25) is 0 Å². The third-order valence-electron chi connectivity index (χ3n) is 2.48. The second-order valence-corrected chi connectivity index (χ2v) is 5.04. The first kappa shape index (κ1) is 15.0.